The van der Waals surface area contributed by atoms with Gasteiger partial charge in [-0.2, -0.15) is 0 Å². The fraction of sp³-hybridized carbons (Fsp3) is 0.625. The number of hydrogen-bond donors (Lipinski definition) is 1. The molecule has 1 N–H and O–H groups in total. The fourth-order valence-electron chi connectivity index (χ4n) is 2.65. The molecule has 2 aliphatic rings. The molecule has 2 fully saturated rings. The largest absolute Gasteiger partial charge is 0.313 e. The van der Waals surface area contributed by atoms with Crippen LogP contribution in [0.4, 0.5) is 0 Å². The van der Waals surface area contributed by atoms with Crippen molar-refractivity contribution in [2.75, 3.05) is 6.54 Å². The molecule has 0 saturated heterocycles. The van der Waals surface area contributed by atoms with Gasteiger partial charge in [0, 0.05) is 12.6 Å². The van der Waals surface area contributed by atoms with Crippen molar-refractivity contribution in [1.29, 1.82) is 0 Å². The lowest BCUT2D eigenvalue weighted by molar-refractivity contribution is 0.412. The van der Waals surface area contributed by atoms with E-state index in [2.05, 4.69) is 35.6 Å². The van der Waals surface area contributed by atoms with Gasteiger partial charge in [0.05, 0.1) is 0 Å². The van der Waals surface area contributed by atoms with E-state index in [-0.39, 0.29) is 0 Å². The maximum atomic E-state index is 3.71. The van der Waals surface area contributed by atoms with E-state index in [9.17, 15) is 0 Å². The summed E-state index contributed by atoms with van der Waals surface area (Å²) >= 11 is 0. The smallest absolute Gasteiger partial charge is 0.00684 e. The van der Waals surface area contributed by atoms with Crippen molar-refractivity contribution in [1.82, 2.24) is 5.32 Å². The molecule has 2 saturated carbocycles. The van der Waals surface area contributed by atoms with Gasteiger partial charge in [0.1, 0.15) is 0 Å². The average Bonchev–Trinajstić information content (AvgIpc) is 3.25. The van der Waals surface area contributed by atoms with Crippen molar-refractivity contribution in [3.05, 3.63) is 35.9 Å². The molecular weight excluding hydrogens is 206 g/mol. The Balaban J connectivity index is 1.38. The van der Waals surface area contributed by atoms with Crippen molar-refractivity contribution in [3.63, 3.8) is 0 Å². The lowest BCUT2D eigenvalue weighted by Gasteiger charge is -2.15. The number of hydrogen-bond acceptors (Lipinski definition) is 1. The van der Waals surface area contributed by atoms with Crippen LogP contribution >= 0.6 is 0 Å². The summed E-state index contributed by atoms with van der Waals surface area (Å²) in [5, 5.41) is 3.71. The quantitative estimate of drug-likeness (QED) is 0.754. The summed E-state index contributed by atoms with van der Waals surface area (Å²) in [6.45, 7) is 1.28. The Morgan fingerprint density at radius 1 is 1.12 bits per heavy atom. The highest BCUT2D eigenvalue weighted by Crippen LogP contribution is 2.49. The van der Waals surface area contributed by atoms with Gasteiger partial charge >= 0.3 is 0 Å². The summed E-state index contributed by atoms with van der Waals surface area (Å²) < 4.78 is 0. The molecule has 0 aromatic heterocycles. The van der Waals surface area contributed by atoms with E-state index < -0.39 is 0 Å². The third kappa shape index (κ3) is 3.32. The molecule has 17 heavy (non-hydrogen) atoms. The second-order valence-corrected chi connectivity index (χ2v) is 5.99. The third-order valence-corrected chi connectivity index (χ3v) is 4.32. The van der Waals surface area contributed by atoms with Crippen molar-refractivity contribution >= 4 is 0 Å². The average molecular weight is 229 g/mol. The van der Waals surface area contributed by atoms with Gasteiger partial charge in [0.2, 0.25) is 0 Å². The van der Waals surface area contributed by atoms with Gasteiger partial charge in [-0.3, -0.25) is 0 Å². The number of nitrogens with one attached hydrogen (secondary N) is 1. The minimum Gasteiger partial charge on any atom is -0.313 e. The Hall–Kier alpha value is -0.820. The Morgan fingerprint density at radius 3 is 2.53 bits per heavy atom. The summed E-state index contributed by atoms with van der Waals surface area (Å²) in [7, 11) is 0. The van der Waals surface area contributed by atoms with Crippen LogP contribution in [0.1, 0.15) is 44.1 Å². The third-order valence-electron chi connectivity index (χ3n) is 4.32. The number of benzene rings is 1. The Bertz CT molecular complexity index is 349. The van der Waals surface area contributed by atoms with Crippen LogP contribution in [0.3, 0.4) is 0 Å². The normalized spacial score (nSPS) is 21.4. The minimum atomic E-state index is 0.692. The second-order valence-electron chi connectivity index (χ2n) is 5.99. The highest BCUT2D eigenvalue weighted by Gasteiger charge is 2.42. The molecule has 0 atom stereocenters. The molecule has 0 amide bonds. The molecule has 0 spiro atoms. The molecule has 3 rings (SSSR count). The summed E-state index contributed by atoms with van der Waals surface area (Å²) in [6.07, 6.45) is 9.78. The molecule has 1 aromatic rings. The topological polar surface area (TPSA) is 12.0 Å². The first-order valence-corrected chi connectivity index (χ1v) is 7.14. The molecule has 92 valence electrons. The molecule has 1 aromatic carbocycles. The zero-order valence-corrected chi connectivity index (χ0v) is 10.6. The minimum absolute atomic E-state index is 0.692. The summed E-state index contributed by atoms with van der Waals surface area (Å²) in [5.74, 6) is 0. The highest BCUT2D eigenvalue weighted by molar-refractivity contribution is 5.14. The van der Waals surface area contributed by atoms with Gasteiger partial charge in [-0.1, -0.05) is 30.3 Å². The van der Waals surface area contributed by atoms with E-state index in [4.69, 9.17) is 0 Å². The van der Waals surface area contributed by atoms with Crippen molar-refractivity contribution < 1.29 is 0 Å². The predicted molar refractivity (Wildman–Crippen MR) is 72.1 cm³/mol. The highest BCUT2D eigenvalue weighted by atomic mass is 15.0. The van der Waals surface area contributed by atoms with E-state index in [0.717, 1.165) is 6.04 Å². The maximum absolute atomic E-state index is 3.71. The van der Waals surface area contributed by atoms with Crippen LogP contribution < -0.4 is 5.32 Å². The molecule has 0 radical (unpaired) electrons. The lowest BCUT2D eigenvalue weighted by Crippen LogP contribution is -2.25. The van der Waals surface area contributed by atoms with E-state index in [0.29, 0.717) is 5.41 Å². The maximum Gasteiger partial charge on any atom is 0.00684 e. The molecule has 1 heteroatoms. The van der Waals surface area contributed by atoms with Crippen LogP contribution in [0, 0.1) is 5.41 Å². The van der Waals surface area contributed by atoms with Crippen LogP contribution in [0.2, 0.25) is 0 Å². The Labute approximate surface area is 105 Å². The van der Waals surface area contributed by atoms with Crippen LogP contribution in [-0.4, -0.2) is 12.6 Å². The summed E-state index contributed by atoms with van der Waals surface area (Å²) in [6, 6.07) is 11.8. The van der Waals surface area contributed by atoms with E-state index in [1.165, 1.54) is 57.1 Å². The van der Waals surface area contributed by atoms with Gasteiger partial charge in [-0.05, 0) is 55.9 Å². The van der Waals surface area contributed by atoms with E-state index in [1.807, 2.05) is 0 Å². The number of rotatable bonds is 7. The van der Waals surface area contributed by atoms with Crippen molar-refractivity contribution in [3.8, 4) is 0 Å². The van der Waals surface area contributed by atoms with Crippen LogP contribution in [0.5, 0.6) is 0 Å². The van der Waals surface area contributed by atoms with Crippen LogP contribution in [-0.2, 0) is 6.42 Å². The first kappa shape index (κ1) is 11.3. The molecular formula is C16H23N. The summed E-state index contributed by atoms with van der Waals surface area (Å²) in [5.41, 5.74) is 2.19. The molecule has 0 unspecified atom stereocenters. The van der Waals surface area contributed by atoms with Crippen molar-refractivity contribution in [2.24, 2.45) is 5.41 Å². The molecule has 0 aliphatic heterocycles. The first-order chi connectivity index (χ1) is 8.36. The van der Waals surface area contributed by atoms with Gasteiger partial charge in [0.25, 0.3) is 0 Å². The molecule has 0 bridgehead atoms. The van der Waals surface area contributed by atoms with Gasteiger partial charge in [-0.15, -0.1) is 0 Å². The second kappa shape index (κ2) is 4.81. The Kier molecular flexibility index (Phi) is 3.19. The van der Waals surface area contributed by atoms with Crippen molar-refractivity contribution in [2.45, 2.75) is 51.0 Å². The predicted octanol–water partition coefficient (Wildman–Crippen LogP) is 3.54. The monoisotopic (exact) mass is 229 g/mol. The van der Waals surface area contributed by atoms with Gasteiger partial charge < -0.3 is 5.32 Å². The van der Waals surface area contributed by atoms with Gasteiger partial charge in [-0.25, -0.2) is 0 Å². The zero-order chi connectivity index (χ0) is 11.6. The van der Waals surface area contributed by atoms with E-state index in [1.54, 1.807) is 0 Å². The number of aryl methyl sites for hydroxylation is 1. The van der Waals surface area contributed by atoms with Gasteiger partial charge in [0.15, 0.2) is 0 Å². The standard InChI is InChI=1S/C16H23N/c1-2-5-14(6-3-1)7-4-10-16(11-12-16)13-17-15-8-9-15/h1-3,5-6,15,17H,4,7-13H2. The fourth-order valence-corrected chi connectivity index (χ4v) is 2.65. The first-order valence-electron chi connectivity index (χ1n) is 7.14. The molecule has 1 nitrogen and oxygen atoms in total. The Morgan fingerprint density at radius 2 is 1.88 bits per heavy atom. The lowest BCUT2D eigenvalue weighted by atomic mass is 9.97. The van der Waals surface area contributed by atoms with E-state index >= 15 is 0 Å². The van der Waals surface area contributed by atoms with Crippen LogP contribution in [0.25, 0.3) is 0 Å². The molecule has 0 heterocycles. The SMILES string of the molecule is c1ccc(CCCC2(CNC3CC3)CC2)cc1. The summed E-state index contributed by atoms with van der Waals surface area (Å²) in [4.78, 5) is 0. The zero-order valence-electron chi connectivity index (χ0n) is 10.6. The molecule has 2 aliphatic carbocycles. The van der Waals surface area contributed by atoms with Crippen LogP contribution in [0.15, 0.2) is 30.3 Å².